The molecule has 1 unspecified atom stereocenters. The molecule has 0 amide bonds. The normalized spacial score (nSPS) is 12.6. The fourth-order valence-electron chi connectivity index (χ4n) is 2.86. The molecule has 0 fully saturated rings. The van der Waals surface area contributed by atoms with Gasteiger partial charge in [0.1, 0.15) is 11.0 Å². The lowest BCUT2D eigenvalue weighted by Crippen LogP contribution is -2.15. The first-order valence-electron chi connectivity index (χ1n) is 8.40. The highest BCUT2D eigenvalue weighted by molar-refractivity contribution is 6.34. The van der Waals surface area contributed by atoms with Gasteiger partial charge in [0.15, 0.2) is 28.2 Å². The van der Waals surface area contributed by atoms with Crippen LogP contribution in [0.2, 0.25) is 5.15 Å². The first kappa shape index (κ1) is 17.5. The molecule has 8 nitrogen and oxygen atoms in total. The molecule has 3 heterocycles. The van der Waals surface area contributed by atoms with Crippen molar-refractivity contribution in [1.29, 1.82) is 0 Å². The largest absolute Gasteiger partial charge is 0.487 e. The summed E-state index contributed by atoms with van der Waals surface area (Å²) in [4.78, 5) is 8.79. The van der Waals surface area contributed by atoms with E-state index in [2.05, 4.69) is 34.1 Å². The number of nitrogen functional groups attached to an aromatic ring is 1. The lowest BCUT2D eigenvalue weighted by molar-refractivity contribution is 0.187. The van der Waals surface area contributed by atoms with Gasteiger partial charge in [-0.15, -0.1) is 0 Å². The molecule has 0 aliphatic carbocycles. The Morgan fingerprint density at radius 2 is 2.12 bits per heavy atom. The van der Waals surface area contributed by atoms with Gasteiger partial charge in [-0.1, -0.05) is 31.9 Å². The Balaban J connectivity index is 2.18. The van der Waals surface area contributed by atoms with E-state index in [0.29, 0.717) is 34.5 Å². The maximum absolute atomic E-state index is 6.27. The zero-order valence-electron chi connectivity index (χ0n) is 14.5. The van der Waals surface area contributed by atoms with Crippen LogP contribution in [0.5, 0.6) is 5.75 Å². The highest BCUT2D eigenvalue weighted by atomic mass is 35.5. The van der Waals surface area contributed by atoms with Crippen LogP contribution in [0.25, 0.3) is 22.6 Å². The monoisotopic (exact) mass is 364 g/mol. The minimum absolute atomic E-state index is 0.110. The van der Waals surface area contributed by atoms with E-state index in [1.807, 2.05) is 11.5 Å². The van der Waals surface area contributed by atoms with E-state index in [9.17, 15) is 0 Å². The third-order valence-corrected chi connectivity index (χ3v) is 4.37. The molecule has 0 aromatic carbocycles. The number of rotatable bonds is 7. The molecular weight excluding hydrogens is 344 g/mol. The first-order chi connectivity index (χ1) is 12.1. The summed E-state index contributed by atoms with van der Waals surface area (Å²) in [6.07, 6.45) is 4.67. The summed E-state index contributed by atoms with van der Waals surface area (Å²) in [7, 11) is 0. The Bertz CT molecular complexity index is 875. The third kappa shape index (κ3) is 3.13. The highest BCUT2D eigenvalue weighted by Crippen LogP contribution is 2.35. The van der Waals surface area contributed by atoms with Gasteiger partial charge in [-0.3, -0.25) is 0 Å². The summed E-state index contributed by atoms with van der Waals surface area (Å²) in [6.45, 7) is 6.86. The maximum Gasteiger partial charge on any atom is 0.199 e. The van der Waals surface area contributed by atoms with Crippen LogP contribution in [-0.4, -0.2) is 31.0 Å². The Hall–Kier alpha value is -2.35. The Labute approximate surface area is 150 Å². The summed E-state index contributed by atoms with van der Waals surface area (Å²) in [5, 5.41) is 7.79. The number of fused-ring (bicyclic) bond motifs is 1. The molecule has 1 atom stereocenters. The van der Waals surface area contributed by atoms with Gasteiger partial charge in [-0.2, -0.15) is 0 Å². The number of hydrogen-bond donors (Lipinski definition) is 1. The average molecular weight is 365 g/mol. The number of imidazole rings is 1. The Morgan fingerprint density at radius 1 is 1.32 bits per heavy atom. The number of nitrogens with zero attached hydrogens (tertiary/aromatic N) is 5. The number of aromatic nitrogens is 5. The van der Waals surface area contributed by atoms with E-state index in [4.69, 9.17) is 26.7 Å². The van der Waals surface area contributed by atoms with Gasteiger partial charge in [0.25, 0.3) is 0 Å². The Kier molecular flexibility index (Phi) is 5.08. The van der Waals surface area contributed by atoms with Crippen molar-refractivity contribution in [3.8, 4) is 17.3 Å². The van der Waals surface area contributed by atoms with Crippen molar-refractivity contribution in [2.45, 2.75) is 52.7 Å². The van der Waals surface area contributed by atoms with Crippen LogP contribution < -0.4 is 10.5 Å². The van der Waals surface area contributed by atoms with Crippen LogP contribution in [0.4, 0.5) is 5.82 Å². The van der Waals surface area contributed by atoms with Crippen molar-refractivity contribution in [3.05, 3.63) is 11.3 Å². The molecule has 0 radical (unpaired) electrons. The standard InChI is InChI=1S/C16H21ClN6O2/c1-4-7-9(5-2)24-10-8-19-14(17)11-13(10)23(6-3)16(20-11)12-15(18)22-25-21-12/h8-9H,4-7H2,1-3H3,(H2,18,22). The summed E-state index contributed by atoms with van der Waals surface area (Å²) >= 11 is 6.27. The second kappa shape index (κ2) is 7.26. The molecule has 9 heteroatoms. The number of aryl methyl sites for hydroxylation is 1. The van der Waals surface area contributed by atoms with Crippen LogP contribution in [0, 0.1) is 0 Å². The van der Waals surface area contributed by atoms with Gasteiger partial charge in [0.05, 0.1) is 12.3 Å². The average Bonchev–Trinajstić information content (AvgIpc) is 3.20. The summed E-state index contributed by atoms with van der Waals surface area (Å²) < 4.78 is 12.9. The van der Waals surface area contributed by atoms with Crippen LogP contribution in [0.1, 0.15) is 40.0 Å². The summed E-state index contributed by atoms with van der Waals surface area (Å²) in [5.74, 6) is 1.35. The number of ether oxygens (including phenoxy) is 1. The molecule has 3 aromatic rings. The third-order valence-electron chi connectivity index (χ3n) is 4.09. The SMILES string of the molecule is CCCC(CC)Oc1cnc(Cl)c2nc(-c3nonc3N)n(CC)c12. The number of anilines is 1. The maximum atomic E-state index is 6.27. The second-order valence-electron chi connectivity index (χ2n) is 5.72. The number of nitrogens with two attached hydrogens (primary N) is 1. The predicted octanol–water partition coefficient (Wildman–Crippen LogP) is 3.69. The van der Waals surface area contributed by atoms with Crippen molar-refractivity contribution < 1.29 is 9.37 Å². The lowest BCUT2D eigenvalue weighted by atomic mass is 10.1. The smallest absolute Gasteiger partial charge is 0.199 e. The van der Waals surface area contributed by atoms with Gasteiger partial charge < -0.3 is 15.0 Å². The zero-order chi connectivity index (χ0) is 18.0. The van der Waals surface area contributed by atoms with Crippen LogP contribution in [0.15, 0.2) is 10.8 Å². The molecule has 3 rings (SSSR count). The number of hydrogen-bond acceptors (Lipinski definition) is 7. The van der Waals surface area contributed by atoms with E-state index in [1.165, 1.54) is 0 Å². The van der Waals surface area contributed by atoms with E-state index in [-0.39, 0.29) is 11.9 Å². The number of pyridine rings is 1. The van der Waals surface area contributed by atoms with E-state index < -0.39 is 0 Å². The molecule has 3 aromatic heterocycles. The van der Waals surface area contributed by atoms with Gasteiger partial charge in [-0.25, -0.2) is 14.6 Å². The first-order valence-corrected chi connectivity index (χ1v) is 8.78. The number of halogens is 1. The van der Waals surface area contributed by atoms with Crippen LogP contribution in [0.3, 0.4) is 0 Å². The molecule has 0 saturated heterocycles. The van der Waals surface area contributed by atoms with Crippen LogP contribution >= 0.6 is 11.6 Å². The Morgan fingerprint density at radius 3 is 2.72 bits per heavy atom. The van der Waals surface area contributed by atoms with Crippen molar-refractivity contribution in [2.75, 3.05) is 5.73 Å². The fourth-order valence-corrected chi connectivity index (χ4v) is 3.04. The predicted molar refractivity (Wildman–Crippen MR) is 95.5 cm³/mol. The highest BCUT2D eigenvalue weighted by Gasteiger charge is 2.23. The van der Waals surface area contributed by atoms with Crippen LogP contribution in [-0.2, 0) is 6.54 Å². The molecular formula is C16H21ClN6O2. The van der Waals surface area contributed by atoms with Gasteiger partial charge >= 0.3 is 0 Å². The summed E-state index contributed by atoms with van der Waals surface area (Å²) in [5.41, 5.74) is 7.53. The van der Waals surface area contributed by atoms with Gasteiger partial charge in [0.2, 0.25) is 0 Å². The summed E-state index contributed by atoms with van der Waals surface area (Å²) in [6, 6.07) is 0. The molecule has 0 aliphatic rings. The topological polar surface area (TPSA) is 105 Å². The van der Waals surface area contributed by atoms with Crippen molar-refractivity contribution >= 4 is 28.5 Å². The van der Waals surface area contributed by atoms with Crippen molar-refractivity contribution in [2.24, 2.45) is 0 Å². The van der Waals surface area contributed by atoms with E-state index in [0.717, 1.165) is 24.8 Å². The zero-order valence-corrected chi connectivity index (χ0v) is 15.2. The molecule has 0 spiro atoms. The molecule has 134 valence electrons. The lowest BCUT2D eigenvalue weighted by Gasteiger charge is -2.18. The molecule has 25 heavy (non-hydrogen) atoms. The second-order valence-corrected chi connectivity index (χ2v) is 6.08. The fraction of sp³-hybridized carbons (Fsp3) is 0.500. The molecule has 2 N–H and O–H groups in total. The molecule has 0 aliphatic heterocycles. The molecule has 0 saturated carbocycles. The van der Waals surface area contributed by atoms with Gasteiger partial charge in [0, 0.05) is 6.54 Å². The van der Waals surface area contributed by atoms with Crippen molar-refractivity contribution in [3.63, 3.8) is 0 Å². The van der Waals surface area contributed by atoms with E-state index in [1.54, 1.807) is 6.20 Å². The molecule has 0 bridgehead atoms. The van der Waals surface area contributed by atoms with E-state index >= 15 is 0 Å². The van der Waals surface area contributed by atoms with Gasteiger partial charge in [-0.05, 0) is 30.1 Å². The minimum atomic E-state index is 0.110. The van der Waals surface area contributed by atoms with Crippen molar-refractivity contribution in [1.82, 2.24) is 24.8 Å². The minimum Gasteiger partial charge on any atom is -0.487 e. The quantitative estimate of drug-likeness (QED) is 0.637.